The van der Waals surface area contributed by atoms with Crippen molar-refractivity contribution in [2.75, 3.05) is 0 Å². The standard InChI is InChI=1S/C8H13N3O2S/c1-6(7-2-3-7)11-5-4-8(10-11)14(9,12)13/h4-7H,2-3H2,1H3,(H2,9,12,13). The summed E-state index contributed by atoms with van der Waals surface area (Å²) in [5.74, 6) is 0.642. The Labute approximate surface area is 83.0 Å². The number of nitrogens with zero attached hydrogens (tertiary/aromatic N) is 2. The molecule has 0 amide bonds. The van der Waals surface area contributed by atoms with Crippen LogP contribution in [0.2, 0.25) is 0 Å². The lowest BCUT2D eigenvalue weighted by Gasteiger charge is -2.09. The van der Waals surface area contributed by atoms with Gasteiger partial charge in [-0.1, -0.05) is 0 Å². The molecule has 1 aliphatic carbocycles. The highest BCUT2D eigenvalue weighted by atomic mass is 32.2. The van der Waals surface area contributed by atoms with E-state index in [1.54, 1.807) is 10.9 Å². The molecule has 0 bridgehead atoms. The second kappa shape index (κ2) is 3.06. The Bertz CT molecular complexity index is 433. The minimum Gasteiger partial charge on any atom is -0.268 e. The van der Waals surface area contributed by atoms with Crippen molar-refractivity contribution >= 4 is 10.0 Å². The molecule has 2 rings (SSSR count). The van der Waals surface area contributed by atoms with Crippen LogP contribution in [0.4, 0.5) is 0 Å². The lowest BCUT2D eigenvalue weighted by Crippen LogP contribution is -2.15. The first kappa shape index (κ1) is 9.67. The Morgan fingerprint density at radius 1 is 1.64 bits per heavy atom. The van der Waals surface area contributed by atoms with E-state index in [0.717, 1.165) is 0 Å². The molecule has 6 heteroatoms. The summed E-state index contributed by atoms with van der Waals surface area (Å²) in [6.45, 7) is 2.04. The minimum atomic E-state index is -3.65. The van der Waals surface area contributed by atoms with Crippen LogP contribution < -0.4 is 5.14 Å². The Morgan fingerprint density at radius 3 is 2.71 bits per heavy atom. The Morgan fingerprint density at radius 2 is 2.29 bits per heavy atom. The van der Waals surface area contributed by atoms with Crippen LogP contribution in [0.5, 0.6) is 0 Å². The van der Waals surface area contributed by atoms with E-state index in [0.29, 0.717) is 5.92 Å². The normalized spacial score (nSPS) is 19.6. The number of aromatic nitrogens is 2. The molecule has 5 nitrogen and oxygen atoms in total. The van der Waals surface area contributed by atoms with Gasteiger partial charge in [-0.2, -0.15) is 5.10 Å². The van der Waals surface area contributed by atoms with E-state index in [2.05, 4.69) is 5.10 Å². The average Bonchev–Trinajstić information content (AvgIpc) is 2.79. The highest BCUT2D eigenvalue weighted by molar-refractivity contribution is 7.89. The summed E-state index contributed by atoms with van der Waals surface area (Å²) in [4.78, 5) is 0. The van der Waals surface area contributed by atoms with Crippen LogP contribution >= 0.6 is 0 Å². The highest BCUT2D eigenvalue weighted by Gasteiger charge is 2.30. The van der Waals surface area contributed by atoms with Crippen LogP contribution in [0.25, 0.3) is 0 Å². The van der Waals surface area contributed by atoms with Crippen molar-refractivity contribution in [1.29, 1.82) is 0 Å². The lowest BCUT2D eigenvalue weighted by molar-refractivity contribution is 0.432. The van der Waals surface area contributed by atoms with Crippen molar-refractivity contribution in [2.45, 2.75) is 30.8 Å². The van der Waals surface area contributed by atoms with Crippen LogP contribution in [-0.4, -0.2) is 18.2 Å². The second-order valence-electron chi connectivity index (χ2n) is 3.76. The van der Waals surface area contributed by atoms with Gasteiger partial charge in [0.2, 0.25) is 0 Å². The molecule has 0 radical (unpaired) electrons. The zero-order valence-corrected chi connectivity index (χ0v) is 8.74. The molecule has 78 valence electrons. The van der Waals surface area contributed by atoms with Gasteiger partial charge in [0.05, 0.1) is 6.04 Å². The molecule has 0 aliphatic heterocycles. The van der Waals surface area contributed by atoms with Crippen molar-refractivity contribution in [2.24, 2.45) is 11.1 Å². The van der Waals surface area contributed by atoms with Gasteiger partial charge >= 0.3 is 0 Å². The van der Waals surface area contributed by atoms with E-state index in [4.69, 9.17) is 5.14 Å². The Hall–Kier alpha value is -0.880. The fourth-order valence-electron chi connectivity index (χ4n) is 1.49. The van der Waals surface area contributed by atoms with Crippen LogP contribution in [0, 0.1) is 5.92 Å². The third kappa shape index (κ3) is 1.80. The summed E-state index contributed by atoms with van der Waals surface area (Å²) in [5.41, 5.74) is 0. The predicted octanol–water partition coefficient (Wildman–Crippen LogP) is 0.502. The van der Waals surface area contributed by atoms with Crippen LogP contribution in [0.3, 0.4) is 0 Å². The van der Waals surface area contributed by atoms with E-state index < -0.39 is 10.0 Å². The van der Waals surface area contributed by atoms with E-state index in [9.17, 15) is 8.42 Å². The van der Waals surface area contributed by atoms with E-state index in [1.165, 1.54) is 18.9 Å². The number of hydrogen-bond acceptors (Lipinski definition) is 3. The van der Waals surface area contributed by atoms with Gasteiger partial charge in [-0.3, -0.25) is 4.68 Å². The number of nitrogens with two attached hydrogens (primary N) is 1. The maximum absolute atomic E-state index is 11.0. The van der Waals surface area contributed by atoms with Crippen molar-refractivity contribution in [3.05, 3.63) is 12.3 Å². The molecule has 1 unspecified atom stereocenters. The number of rotatable bonds is 3. The summed E-state index contributed by atoms with van der Waals surface area (Å²) in [7, 11) is -3.65. The maximum atomic E-state index is 11.0. The largest absolute Gasteiger partial charge is 0.268 e. The monoisotopic (exact) mass is 215 g/mol. The first-order valence-electron chi connectivity index (χ1n) is 4.56. The maximum Gasteiger partial charge on any atom is 0.257 e. The summed E-state index contributed by atoms with van der Waals surface area (Å²) >= 11 is 0. The van der Waals surface area contributed by atoms with Crippen molar-refractivity contribution in [1.82, 2.24) is 9.78 Å². The first-order valence-corrected chi connectivity index (χ1v) is 6.11. The van der Waals surface area contributed by atoms with Crippen LogP contribution in [-0.2, 0) is 10.0 Å². The van der Waals surface area contributed by atoms with Crippen LogP contribution in [0.1, 0.15) is 25.8 Å². The zero-order valence-electron chi connectivity index (χ0n) is 7.92. The zero-order chi connectivity index (χ0) is 10.3. The number of hydrogen-bond donors (Lipinski definition) is 1. The quantitative estimate of drug-likeness (QED) is 0.797. The predicted molar refractivity (Wildman–Crippen MR) is 51.0 cm³/mol. The molecule has 0 spiro atoms. The van der Waals surface area contributed by atoms with Crippen LogP contribution in [0.15, 0.2) is 17.3 Å². The minimum absolute atomic E-state index is 0.0509. The van der Waals surface area contributed by atoms with E-state index in [-0.39, 0.29) is 11.1 Å². The van der Waals surface area contributed by atoms with Crippen molar-refractivity contribution in [3.8, 4) is 0 Å². The lowest BCUT2D eigenvalue weighted by atomic mass is 10.2. The van der Waals surface area contributed by atoms with Gasteiger partial charge in [0.1, 0.15) is 0 Å². The Balaban J connectivity index is 2.25. The van der Waals surface area contributed by atoms with Gasteiger partial charge in [-0.25, -0.2) is 13.6 Å². The van der Waals surface area contributed by atoms with Crippen molar-refractivity contribution < 1.29 is 8.42 Å². The third-order valence-electron chi connectivity index (χ3n) is 2.60. The molecule has 1 fully saturated rings. The highest BCUT2D eigenvalue weighted by Crippen LogP contribution is 2.39. The van der Waals surface area contributed by atoms with Gasteiger partial charge in [0.25, 0.3) is 10.0 Å². The summed E-state index contributed by atoms with van der Waals surface area (Å²) in [6, 6.07) is 1.71. The Kier molecular flexibility index (Phi) is 2.11. The molecular weight excluding hydrogens is 202 g/mol. The van der Waals surface area contributed by atoms with Gasteiger partial charge in [-0.05, 0) is 31.7 Å². The SMILES string of the molecule is CC(C1CC1)n1ccc(S(N)(=O)=O)n1. The molecule has 1 aromatic heterocycles. The summed E-state index contributed by atoms with van der Waals surface area (Å²) < 4.78 is 23.6. The molecule has 14 heavy (non-hydrogen) atoms. The average molecular weight is 215 g/mol. The van der Waals surface area contributed by atoms with Gasteiger partial charge in [-0.15, -0.1) is 0 Å². The third-order valence-corrected chi connectivity index (χ3v) is 3.40. The van der Waals surface area contributed by atoms with Crippen molar-refractivity contribution in [3.63, 3.8) is 0 Å². The molecule has 1 atom stereocenters. The molecule has 0 aromatic carbocycles. The summed E-state index contributed by atoms with van der Waals surface area (Å²) in [6.07, 6.45) is 4.07. The topological polar surface area (TPSA) is 78.0 Å². The number of sulfonamides is 1. The van der Waals surface area contributed by atoms with Gasteiger partial charge in [0.15, 0.2) is 5.03 Å². The molecule has 1 saturated carbocycles. The fraction of sp³-hybridized carbons (Fsp3) is 0.625. The molecule has 1 aliphatic rings. The van der Waals surface area contributed by atoms with E-state index >= 15 is 0 Å². The van der Waals surface area contributed by atoms with E-state index in [1.807, 2.05) is 6.92 Å². The number of primary sulfonamides is 1. The van der Waals surface area contributed by atoms with Gasteiger partial charge < -0.3 is 0 Å². The molecule has 0 saturated heterocycles. The van der Waals surface area contributed by atoms with Gasteiger partial charge in [0, 0.05) is 6.20 Å². The molecular formula is C8H13N3O2S. The second-order valence-corrected chi connectivity index (χ2v) is 5.27. The first-order chi connectivity index (χ1) is 6.48. The molecule has 1 heterocycles. The fourth-order valence-corrected chi connectivity index (χ4v) is 1.95. The molecule has 2 N–H and O–H groups in total. The summed E-state index contributed by atoms with van der Waals surface area (Å²) in [5, 5.41) is 8.85. The smallest absolute Gasteiger partial charge is 0.257 e. The molecule has 1 aromatic rings.